The van der Waals surface area contributed by atoms with E-state index in [4.69, 9.17) is 5.73 Å². The number of hydrogen-bond donors (Lipinski definition) is 1. The second-order valence-electron chi connectivity index (χ2n) is 2.62. The van der Waals surface area contributed by atoms with Crippen molar-refractivity contribution in [3.8, 4) is 0 Å². The second-order valence-corrected chi connectivity index (χ2v) is 3.87. The zero-order valence-electron chi connectivity index (χ0n) is 6.83. The van der Waals surface area contributed by atoms with Gasteiger partial charge in [0.15, 0.2) is 0 Å². The maximum absolute atomic E-state index is 13.0. The molecule has 0 bridgehead atoms. The Balaban J connectivity index is 3.40. The SMILES string of the molecule is NCc1cc(I)cc(F)c1C(F)(F)F. The minimum absolute atomic E-state index is 0.220. The van der Waals surface area contributed by atoms with E-state index in [1.54, 1.807) is 22.6 Å². The number of rotatable bonds is 1. The number of alkyl halides is 3. The van der Waals surface area contributed by atoms with E-state index in [9.17, 15) is 17.6 Å². The summed E-state index contributed by atoms with van der Waals surface area (Å²) in [5.41, 5.74) is 3.63. The summed E-state index contributed by atoms with van der Waals surface area (Å²) in [6.07, 6.45) is -4.69. The standard InChI is InChI=1S/C8H6F4IN/c9-6-2-5(13)1-4(3-14)7(6)8(10,11)12/h1-2H,3,14H2. The van der Waals surface area contributed by atoms with Gasteiger partial charge in [-0.05, 0) is 40.3 Å². The molecule has 0 aromatic heterocycles. The Bertz CT molecular complexity index is 348. The van der Waals surface area contributed by atoms with E-state index in [1.807, 2.05) is 0 Å². The molecule has 0 saturated heterocycles. The maximum atomic E-state index is 13.0. The minimum Gasteiger partial charge on any atom is -0.326 e. The lowest BCUT2D eigenvalue weighted by Crippen LogP contribution is -2.14. The van der Waals surface area contributed by atoms with Gasteiger partial charge in [-0.15, -0.1) is 0 Å². The molecule has 0 saturated carbocycles. The highest BCUT2D eigenvalue weighted by Gasteiger charge is 2.36. The van der Waals surface area contributed by atoms with Crippen LogP contribution in [0.1, 0.15) is 11.1 Å². The van der Waals surface area contributed by atoms with E-state index in [2.05, 4.69) is 0 Å². The Labute approximate surface area is 91.4 Å². The van der Waals surface area contributed by atoms with Crippen molar-refractivity contribution in [3.05, 3.63) is 32.6 Å². The summed E-state index contributed by atoms with van der Waals surface area (Å²) in [4.78, 5) is 0. The van der Waals surface area contributed by atoms with Crippen molar-refractivity contribution >= 4 is 22.6 Å². The van der Waals surface area contributed by atoms with Crippen molar-refractivity contribution < 1.29 is 17.6 Å². The van der Waals surface area contributed by atoms with Crippen molar-refractivity contribution in [3.63, 3.8) is 0 Å². The fourth-order valence-corrected chi connectivity index (χ4v) is 1.75. The monoisotopic (exact) mass is 319 g/mol. The highest BCUT2D eigenvalue weighted by atomic mass is 127. The summed E-state index contributed by atoms with van der Waals surface area (Å²) in [6.45, 7) is -0.331. The number of nitrogens with two attached hydrogens (primary N) is 1. The Morgan fingerprint density at radius 2 is 1.86 bits per heavy atom. The van der Waals surface area contributed by atoms with Crippen LogP contribution in [0.2, 0.25) is 0 Å². The molecule has 1 aromatic carbocycles. The average molecular weight is 319 g/mol. The van der Waals surface area contributed by atoms with E-state index < -0.39 is 17.6 Å². The van der Waals surface area contributed by atoms with Gasteiger partial charge in [0, 0.05) is 10.1 Å². The zero-order chi connectivity index (χ0) is 10.9. The van der Waals surface area contributed by atoms with Gasteiger partial charge in [-0.2, -0.15) is 13.2 Å². The smallest absolute Gasteiger partial charge is 0.326 e. The largest absolute Gasteiger partial charge is 0.419 e. The molecule has 0 radical (unpaired) electrons. The average Bonchev–Trinajstić information content (AvgIpc) is 1.99. The second kappa shape index (κ2) is 4.01. The molecule has 78 valence electrons. The molecule has 0 aliphatic rings. The predicted molar refractivity (Wildman–Crippen MR) is 52.0 cm³/mol. The first-order chi connectivity index (χ1) is 6.36. The maximum Gasteiger partial charge on any atom is 0.419 e. The molecule has 0 spiro atoms. The van der Waals surface area contributed by atoms with Crippen LogP contribution in [0.5, 0.6) is 0 Å². The molecule has 0 aliphatic heterocycles. The van der Waals surface area contributed by atoms with E-state index >= 15 is 0 Å². The van der Waals surface area contributed by atoms with Gasteiger partial charge < -0.3 is 5.73 Å². The van der Waals surface area contributed by atoms with Crippen molar-refractivity contribution in [2.45, 2.75) is 12.7 Å². The number of hydrogen-bond acceptors (Lipinski definition) is 1. The topological polar surface area (TPSA) is 26.0 Å². The number of halogens is 5. The predicted octanol–water partition coefficient (Wildman–Crippen LogP) is 2.91. The molecular weight excluding hydrogens is 313 g/mol. The van der Waals surface area contributed by atoms with E-state index in [-0.39, 0.29) is 12.1 Å². The van der Waals surface area contributed by atoms with E-state index in [0.29, 0.717) is 3.57 Å². The van der Waals surface area contributed by atoms with Gasteiger partial charge in [0.1, 0.15) is 5.82 Å². The van der Waals surface area contributed by atoms with E-state index in [1.165, 1.54) is 6.07 Å². The first-order valence-electron chi connectivity index (χ1n) is 3.61. The normalized spacial score (nSPS) is 11.9. The molecule has 0 fully saturated rings. The summed E-state index contributed by atoms with van der Waals surface area (Å²) in [6, 6.07) is 2.06. The van der Waals surface area contributed by atoms with Gasteiger partial charge in [0.05, 0.1) is 5.56 Å². The first-order valence-corrected chi connectivity index (χ1v) is 4.69. The third-order valence-electron chi connectivity index (χ3n) is 1.64. The number of benzene rings is 1. The van der Waals surface area contributed by atoms with Crippen LogP contribution in [0, 0.1) is 9.39 Å². The summed E-state index contributed by atoms with van der Waals surface area (Å²) in [7, 11) is 0. The summed E-state index contributed by atoms with van der Waals surface area (Å²) >= 11 is 1.74. The lowest BCUT2D eigenvalue weighted by Gasteiger charge is -2.12. The fraction of sp³-hybridized carbons (Fsp3) is 0.250. The first kappa shape index (κ1) is 11.7. The van der Waals surface area contributed by atoms with Gasteiger partial charge in [-0.3, -0.25) is 0 Å². The quantitative estimate of drug-likeness (QED) is 0.625. The fourth-order valence-electron chi connectivity index (χ4n) is 1.11. The van der Waals surface area contributed by atoms with E-state index in [0.717, 1.165) is 6.07 Å². The van der Waals surface area contributed by atoms with Gasteiger partial charge in [-0.1, -0.05) is 0 Å². The molecule has 1 aromatic rings. The summed E-state index contributed by atoms with van der Waals surface area (Å²) in [5, 5.41) is 0. The van der Waals surface area contributed by atoms with Gasteiger partial charge in [0.25, 0.3) is 0 Å². The van der Waals surface area contributed by atoms with Crippen LogP contribution in [0.15, 0.2) is 12.1 Å². The molecule has 0 unspecified atom stereocenters. The lowest BCUT2D eigenvalue weighted by atomic mass is 10.1. The van der Waals surface area contributed by atoms with Gasteiger partial charge >= 0.3 is 6.18 Å². The molecule has 0 heterocycles. The molecule has 14 heavy (non-hydrogen) atoms. The molecule has 1 rings (SSSR count). The van der Waals surface area contributed by atoms with Crippen LogP contribution in [-0.2, 0) is 12.7 Å². The Kier molecular flexibility index (Phi) is 3.36. The third-order valence-corrected chi connectivity index (χ3v) is 2.26. The molecule has 0 amide bonds. The van der Waals surface area contributed by atoms with Gasteiger partial charge in [0.2, 0.25) is 0 Å². The summed E-state index contributed by atoms with van der Waals surface area (Å²) in [5.74, 6) is -1.27. The van der Waals surface area contributed by atoms with Crippen LogP contribution >= 0.6 is 22.6 Å². The lowest BCUT2D eigenvalue weighted by molar-refractivity contribution is -0.140. The molecule has 2 N–H and O–H groups in total. The van der Waals surface area contributed by atoms with Crippen LogP contribution in [0.25, 0.3) is 0 Å². The molecule has 0 atom stereocenters. The van der Waals surface area contributed by atoms with Crippen molar-refractivity contribution in [2.75, 3.05) is 0 Å². The highest BCUT2D eigenvalue weighted by Crippen LogP contribution is 2.34. The Hall–Kier alpha value is -0.370. The van der Waals surface area contributed by atoms with Crippen molar-refractivity contribution in [1.29, 1.82) is 0 Å². The Morgan fingerprint density at radius 3 is 2.29 bits per heavy atom. The Morgan fingerprint density at radius 1 is 1.29 bits per heavy atom. The van der Waals surface area contributed by atoms with Crippen LogP contribution in [0.4, 0.5) is 17.6 Å². The molecule has 0 aliphatic carbocycles. The van der Waals surface area contributed by atoms with Crippen LogP contribution in [-0.4, -0.2) is 0 Å². The summed E-state index contributed by atoms with van der Waals surface area (Å²) < 4.78 is 50.4. The zero-order valence-corrected chi connectivity index (χ0v) is 8.99. The third kappa shape index (κ3) is 2.35. The highest BCUT2D eigenvalue weighted by molar-refractivity contribution is 14.1. The van der Waals surface area contributed by atoms with Crippen LogP contribution < -0.4 is 5.73 Å². The molecule has 6 heteroatoms. The minimum atomic E-state index is -4.69. The molecular formula is C8H6F4IN. The van der Waals surface area contributed by atoms with Gasteiger partial charge in [-0.25, -0.2) is 4.39 Å². The molecule has 1 nitrogen and oxygen atoms in total. The van der Waals surface area contributed by atoms with Crippen LogP contribution in [0.3, 0.4) is 0 Å². The van der Waals surface area contributed by atoms with Crippen molar-refractivity contribution in [1.82, 2.24) is 0 Å². The van der Waals surface area contributed by atoms with Crippen molar-refractivity contribution in [2.24, 2.45) is 5.73 Å².